The molecule has 7 heteroatoms. The molecule has 0 atom stereocenters. The van der Waals surface area contributed by atoms with Crippen molar-refractivity contribution in [1.29, 1.82) is 0 Å². The number of carbonyl (C=O) groups is 2. The van der Waals surface area contributed by atoms with Gasteiger partial charge in [-0.1, -0.05) is 11.2 Å². The number of rotatable bonds is 3. The zero-order valence-electron chi connectivity index (χ0n) is 12.6. The number of anilines is 1. The van der Waals surface area contributed by atoms with Gasteiger partial charge >= 0.3 is 0 Å². The molecular weight excluding hydrogens is 314 g/mol. The van der Waals surface area contributed by atoms with E-state index in [0.717, 1.165) is 36.9 Å². The first-order chi connectivity index (χ1) is 11.2. The molecule has 1 saturated heterocycles. The number of thiophene rings is 1. The zero-order valence-corrected chi connectivity index (χ0v) is 13.4. The lowest BCUT2D eigenvalue weighted by molar-refractivity contribution is -0.123. The summed E-state index contributed by atoms with van der Waals surface area (Å²) in [6.45, 7) is 0.914. The number of fused-ring (bicyclic) bond motifs is 1. The molecule has 2 amide bonds. The Morgan fingerprint density at radius 1 is 1.30 bits per heavy atom. The fourth-order valence-corrected chi connectivity index (χ4v) is 3.76. The van der Waals surface area contributed by atoms with Crippen LogP contribution in [-0.4, -0.2) is 35.0 Å². The topological polar surface area (TPSA) is 75.4 Å². The predicted octanol–water partition coefficient (Wildman–Crippen LogP) is 2.33. The maximum Gasteiger partial charge on any atom is 0.263 e. The van der Waals surface area contributed by atoms with Gasteiger partial charge in [-0.3, -0.25) is 14.9 Å². The van der Waals surface area contributed by atoms with Crippen molar-refractivity contribution in [2.24, 2.45) is 5.92 Å². The van der Waals surface area contributed by atoms with Crippen molar-refractivity contribution in [2.45, 2.75) is 25.7 Å². The number of aromatic nitrogens is 1. The highest BCUT2D eigenvalue weighted by Gasteiger charge is 2.37. The lowest BCUT2D eigenvalue weighted by Gasteiger charge is -2.37. The van der Waals surface area contributed by atoms with Gasteiger partial charge in [-0.05, 0) is 37.1 Å². The summed E-state index contributed by atoms with van der Waals surface area (Å²) in [5, 5.41) is 8.76. The van der Waals surface area contributed by atoms with E-state index in [-0.39, 0.29) is 17.7 Å². The van der Waals surface area contributed by atoms with Crippen LogP contribution in [0.5, 0.6) is 0 Å². The lowest BCUT2D eigenvalue weighted by Crippen LogP contribution is -2.54. The van der Waals surface area contributed by atoms with Crippen LogP contribution >= 0.6 is 11.3 Å². The average Bonchev–Trinajstić information content (AvgIpc) is 3.16. The molecule has 1 fully saturated rings. The summed E-state index contributed by atoms with van der Waals surface area (Å²) < 4.78 is 5.28. The number of likely N-dealkylation sites (tertiary alicyclic amines) is 1. The Bertz CT molecular complexity index is 732. The minimum absolute atomic E-state index is 0.00101. The normalized spacial score (nSPS) is 17.5. The van der Waals surface area contributed by atoms with Crippen LogP contribution in [-0.2, 0) is 17.6 Å². The Morgan fingerprint density at radius 2 is 2.13 bits per heavy atom. The van der Waals surface area contributed by atoms with E-state index in [1.54, 1.807) is 11.0 Å². The predicted molar refractivity (Wildman–Crippen MR) is 85.5 cm³/mol. The minimum atomic E-state index is -0.178. The van der Waals surface area contributed by atoms with E-state index in [9.17, 15) is 9.59 Å². The zero-order chi connectivity index (χ0) is 15.8. The summed E-state index contributed by atoms with van der Waals surface area (Å²) in [5.74, 6) is 0.224. The van der Waals surface area contributed by atoms with Crippen LogP contribution < -0.4 is 5.32 Å². The van der Waals surface area contributed by atoms with Gasteiger partial charge in [0.15, 0.2) is 0 Å². The number of nitrogens with one attached hydrogen (secondary N) is 1. The van der Waals surface area contributed by atoms with E-state index in [1.165, 1.54) is 11.3 Å². The van der Waals surface area contributed by atoms with Crippen LogP contribution in [0.1, 0.15) is 33.8 Å². The summed E-state index contributed by atoms with van der Waals surface area (Å²) in [5.41, 5.74) is 2.00. The van der Waals surface area contributed by atoms with E-state index in [4.69, 9.17) is 4.52 Å². The quantitative estimate of drug-likeness (QED) is 0.936. The first kappa shape index (κ1) is 14.4. The molecule has 2 aliphatic rings. The third-order valence-electron chi connectivity index (χ3n) is 4.47. The highest BCUT2D eigenvalue weighted by molar-refractivity contribution is 7.12. The van der Waals surface area contributed by atoms with Gasteiger partial charge < -0.3 is 9.42 Å². The van der Waals surface area contributed by atoms with Gasteiger partial charge in [-0.25, -0.2) is 0 Å². The Hall–Kier alpha value is -2.15. The van der Waals surface area contributed by atoms with Gasteiger partial charge in [-0.15, -0.1) is 11.3 Å². The molecule has 6 nitrogen and oxygen atoms in total. The van der Waals surface area contributed by atoms with Gasteiger partial charge in [0.2, 0.25) is 11.8 Å². The largest absolute Gasteiger partial charge is 0.338 e. The van der Waals surface area contributed by atoms with Crippen LogP contribution in [0, 0.1) is 5.92 Å². The molecule has 0 unspecified atom stereocenters. The fourth-order valence-electron chi connectivity index (χ4n) is 3.07. The van der Waals surface area contributed by atoms with E-state index < -0.39 is 0 Å². The van der Waals surface area contributed by atoms with Crippen LogP contribution in [0.15, 0.2) is 22.0 Å². The van der Waals surface area contributed by atoms with Gasteiger partial charge in [0.1, 0.15) is 0 Å². The molecular formula is C16H17N3O3S. The number of nitrogens with zero attached hydrogens (tertiary/aromatic N) is 2. The molecule has 2 aromatic heterocycles. The molecule has 0 radical (unpaired) electrons. The van der Waals surface area contributed by atoms with E-state index >= 15 is 0 Å². The van der Waals surface area contributed by atoms with Crippen molar-refractivity contribution in [3.8, 4) is 0 Å². The summed E-state index contributed by atoms with van der Waals surface area (Å²) in [7, 11) is 0. The second-order valence-corrected chi connectivity index (χ2v) is 6.97. The van der Waals surface area contributed by atoms with Crippen molar-refractivity contribution in [3.05, 3.63) is 33.6 Å². The standard InChI is InChI=1S/C16H17N3O3S/c20-14(17-15-11-4-1-2-5-12(11)18-22-15)10-8-19(9-10)16(21)13-6-3-7-23-13/h3,6-7,10H,1-2,4-5,8-9H2,(H,17,20). The number of carbonyl (C=O) groups excluding carboxylic acids is 2. The second-order valence-electron chi connectivity index (χ2n) is 6.02. The molecule has 0 spiro atoms. The van der Waals surface area contributed by atoms with Gasteiger partial charge in [0.05, 0.1) is 16.5 Å². The first-order valence-corrected chi connectivity index (χ1v) is 8.71. The Kier molecular flexibility index (Phi) is 3.65. The smallest absolute Gasteiger partial charge is 0.263 e. The average molecular weight is 331 g/mol. The molecule has 1 aliphatic heterocycles. The van der Waals surface area contributed by atoms with Crippen LogP contribution in [0.4, 0.5) is 5.88 Å². The summed E-state index contributed by atoms with van der Waals surface area (Å²) in [4.78, 5) is 26.9. The Labute approximate surface area is 137 Å². The van der Waals surface area contributed by atoms with E-state index in [2.05, 4.69) is 10.5 Å². The van der Waals surface area contributed by atoms with Crippen LogP contribution in [0.3, 0.4) is 0 Å². The first-order valence-electron chi connectivity index (χ1n) is 7.83. The molecule has 2 aromatic rings. The molecule has 4 rings (SSSR count). The van der Waals surface area contributed by atoms with Crippen molar-refractivity contribution >= 4 is 29.0 Å². The van der Waals surface area contributed by atoms with Crippen LogP contribution in [0.2, 0.25) is 0 Å². The van der Waals surface area contributed by atoms with Gasteiger partial charge in [0, 0.05) is 18.7 Å². The molecule has 1 N–H and O–H groups in total. The third kappa shape index (κ3) is 2.65. The lowest BCUT2D eigenvalue weighted by atomic mass is 9.96. The number of amides is 2. The van der Waals surface area contributed by atoms with Gasteiger partial charge in [-0.2, -0.15) is 0 Å². The molecule has 0 bridgehead atoms. The second kappa shape index (κ2) is 5.81. The van der Waals surface area contributed by atoms with Crippen molar-refractivity contribution in [3.63, 3.8) is 0 Å². The van der Waals surface area contributed by atoms with Crippen LogP contribution in [0.25, 0.3) is 0 Å². The number of aryl methyl sites for hydroxylation is 1. The molecule has 0 saturated carbocycles. The Morgan fingerprint density at radius 3 is 2.91 bits per heavy atom. The van der Waals surface area contributed by atoms with Crippen molar-refractivity contribution in [2.75, 3.05) is 18.4 Å². The van der Waals surface area contributed by atoms with Crippen molar-refractivity contribution < 1.29 is 14.1 Å². The number of hydrogen-bond acceptors (Lipinski definition) is 5. The monoisotopic (exact) mass is 331 g/mol. The molecule has 0 aromatic carbocycles. The fraction of sp³-hybridized carbons (Fsp3) is 0.438. The molecule has 1 aliphatic carbocycles. The summed E-state index contributed by atoms with van der Waals surface area (Å²) >= 11 is 1.42. The highest BCUT2D eigenvalue weighted by Crippen LogP contribution is 2.29. The van der Waals surface area contributed by atoms with Gasteiger partial charge in [0.25, 0.3) is 5.91 Å². The summed E-state index contributed by atoms with van der Waals surface area (Å²) in [6, 6.07) is 3.66. The van der Waals surface area contributed by atoms with E-state index in [1.807, 2.05) is 11.4 Å². The number of hydrogen-bond donors (Lipinski definition) is 1. The summed E-state index contributed by atoms with van der Waals surface area (Å²) in [6.07, 6.45) is 4.04. The third-order valence-corrected chi connectivity index (χ3v) is 5.33. The van der Waals surface area contributed by atoms with Crippen molar-refractivity contribution in [1.82, 2.24) is 10.1 Å². The van der Waals surface area contributed by atoms with E-state index in [0.29, 0.717) is 23.9 Å². The maximum atomic E-state index is 12.3. The Balaban J connectivity index is 1.35. The highest BCUT2D eigenvalue weighted by atomic mass is 32.1. The molecule has 3 heterocycles. The maximum absolute atomic E-state index is 12.3. The molecule has 120 valence electrons. The molecule has 23 heavy (non-hydrogen) atoms. The minimum Gasteiger partial charge on any atom is -0.338 e. The SMILES string of the molecule is O=C(Nc1onc2c1CCCC2)C1CN(C(=O)c2cccs2)C1.